The molecule has 9 heteroatoms. The summed E-state index contributed by atoms with van der Waals surface area (Å²) in [5, 5.41) is 8.36. The van der Waals surface area contributed by atoms with E-state index in [0.717, 1.165) is 62.8 Å². The quantitative estimate of drug-likeness (QED) is 0.514. The molecule has 1 aliphatic heterocycles. The first-order chi connectivity index (χ1) is 17.5. The molecule has 0 radical (unpaired) electrons. The van der Waals surface area contributed by atoms with Crippen molar-refractivity contribution in [3.8, 4) is 0 Å². The van der Waals surface area contributed by atoms with Gasteiger partial charge in [-0.1, -0.05) is 32.1 Å². The molecule has 2 unspecified atom stereocenters. The summed E-state index contributed by atoms with van der Waals surface area (Å²) in [6, 6.07) is 4.67. The van der Waals surface area contributed by atoms with Crippen LogP contribution in [0.15, 0.2) is 29.6 Å². The lowest BCUT2D eigenvalue weighted by molar-refractivity contribution is -0.140. The fourth-order valence-electron chi connectivity index (χ4n) is 5.34. The highest BCUT2D eigenvalue weighted by Gasteiger charge is 2.38. The van der Waals surface area contributed by atoms with Gasteiger partial charge in [0.1, 0.15) is 22.6 Å². The van der Waals surface area contributed by atoms with Crippen molar-refractivity contribution in [2.24, 2.45) is 5.92 Å². The number of halogens is 1. The van der Waals surface area contributed by atoms with E-state index < -0.39 is 11.9 Å². The van der Waals surface area contributed by atoms with Crippen LogP contribution >= 0.6 is 11.3 Å². The minimum absolute atomic E-state index is 0.0418. The summed E-state index contributed by atoms with van der Waals surface area (Å²) in [4.78, 5) is 46.0. The number of benzene rings is 1. The normalized spacial score (nSPS) is 19.9. The number of rotatable bonds is 8. The molecule has 7 nitrogen and oxygen atoms in total. The van der Waals surface area contributed by atoms with Gasteiger partial charge >= 0.3 is 0 Å². The van der Waals surface area contributed by atoms with Crippen LogP contribution in [-0.4, -0.2) is 53.7 Å². The Labute approximate surface area is 215 Å². The summed E-state index contributed by atoms with van der Waals surface area (Å²) in [6.45, 7) is 0.775. The third-order valence-corrected chi connectivity index (χ3v) is 8.17. The molecule has 0 spiro atoms. The predicted octanol–water partition coefficient (Wildman–Crippen LogP) is 4.24. The first-order valence-electron chi connectivity index (χ1n) is 13.0. The average molecular weight is 515 g/mol. The fourth-order valence-corrected chi connectivity index (χ4v) is 6.28. The summed E-state index contributed by atoms with van der Waals surface area (Å²) in [6.07, 6.45) is 8.83. The lowest BCUT2D eigenvalue weighted by Crippen LogP contribution is -2.54. The standard InChI is InChI=1S/C27H35FN4O3S/c1-29-16-23(33)31-24(18-8-4-2-5-9-18)27(35)32-15-7-3-6-10-22(32)26-30-21(17-36-26)25(34)19-11-13-20(28)14-12-19/h11-14,17-18,22,24,29H,2-10,15-16H2,1H3,(H,31,33). The summed E-state index contributed by atoms with van der Waals surface area (Å²) in [5.74, 6) is -0.743. The second kappa shape index (κ2) is 12.5. The van der Waals surface area contributed by atoms with E-state index in [-0.39, 0.29) is 36.1 Å². The van der Waals surface area contributed by atoms with Gasteiger partial charge in [0.25, 0.3) is 0 Å². The monoisotopic (exact) mass is 514 g/mol. The van der Waals surface area contributed by atoms with E-state index >= 15 is 0 Å². The molecule has 2 aliphatic rings. The summed E-state index contributed by atoms with van der Waals surface area (Å²) in [5.41, 5.74) is 0.691. The second-order valence-electron chi connectivity index (χ2n) is 9.78. The van der Waals surface area contributed by atoms with Crippen LogP contribution in [0.2, 0.25) is 0 Å². The van der Waals surface area contributed by atoms with Crippen LogP contribution in [0.4, 0.5) is 4.39 Å². The van der Waals surface area contributed by atoms with Crippen molar-refractivity contribution in [2.45, 2.75) is 69.9 Å². The topological polar surface area (TPSA) is 91.4 Å². The van der Waals surface area contributed by atoms with Gasteiger partial charge in [0.15, 0.2) is 0 Å². The van der Waals surface area contributed by atoms with Crippen molar-refractivity contribution in [1.29, 1.82) is 0 Å². The molecular formula is C27H35FN4O3S. The Balaban J connectivity index is 1.58. The zero-order valence-electron chi connectivity index (χ0n) is 20.8. The molecule has 2 aromatic rings. The summed E-state index contributed by atoms with van der Waals surface area (Å²) in [7, 11) is 1.72. The number of likely N-dealkylation sites (tertiary alicyclic amines) is 1. The number of hydrogen-bond donors (Lipinski definition) is 2. The number of likely N-dealkylation sites (N-methyl/N-ethyl adjacent to an activating group) is 1. The van der Waals surface area contributed by atoms with Gasteiger partial charge in [0, 0.05) is 17.5 Å². The lowest BCUT2D eigenvalue weighted by Gasteiger charge is -2.36. The van der Waals surface area contributed by atoms with Gasteiger partial charge in [-0.25, -0.2) is 9.37 Å². The van der Waals surface area contributed by atoms with Crippen molar-refractivity contribution < 1.29 is 18.8 Å². The molecule has 1 saturated heterocycles. The molecule has 1 aromatic heterocycles. The Morgan fingerprint density at radius 1 is 1.06 bits per heavy atom. The third kappa shape index (κ3) is 6.37. The van der Waals surface area contributed by atoms with E-state index in [9.17, 15) is 18.8 Å². The maximum Gasteiger partial charge on any atom is 0.246 e. The Kier molecular flexibility index (Phi) is 9.20. The van der Waals surface area contributed by atoms with Gasteiger partial charge in [-0.3, -0.25) is 14.4 Å². The van der Waals surface area contributed by atoms with Crippen molar-refractivity contribution in [2.75, 3.05) is 20.1 Å². The van der Waals surface area contributed by atoms with E-state index in [1.165, 1.54) is 35.6 Å². The van der Waals surface area contributed by atoms with Crippen molar-refractivity contribution >= 4 is 28.9 Å². The minimum atomic E-state index is -0.549. The van der Waals surface area contributed by atoms with Crippen LogP contribution in [0.5, 0.6) is 0 Å². The molecule has 1 aliphatic carbocycles. The number of nitrogens with one attached hydrogen (secondary N) is 2. The SMILES string of the molecule is CNCC(=O)NC(C(=O)N1CCCCCC1c1nc(C(=O)c2ccc(F)cc2)cs1)C1CCCCC1. The van der Waals surface area contributed by atoms with E-state index in [2.05, 4.69) is 15.6 Å². The lowest BCUT2D eigenvalue weighted by atomic mass is 9.83. The largest absolute Gasteiger partial charge is 0.343 e. The highest BCUT2D eigenvalue weighted by molar-refractivity contribution is 7.10. The van der Waals surface area contributed by atoms with Gasteiger partial charge in [0.05, 0.1) is 12.6 Å². The first kappa shape index (κ1) is 26.4. The van der Waals surface area contributed by atoms with E-state index in [0.29, 0.717) is 17.8 Å². The van der Waals surface area contributed by atoms with Crippen LogP contribution in [-0.2, 0) is 9.59 Å². The number of hydrogen-bond acceptors (Lipinski definition) is 6. The highest BCUT2D eigenvalue weighted by atomic mass is 32.1. The molecule has 0 bridgehead atoms. The van der Waals surface area contributed by atoms with Gasteiger partial charge in [-0.05, 0) is 62.9 Å². The molecule has 1 aromatic carbocycles. The minimum Gasteiger partial charge on any atom is -0.343 e. The van der Waals surface area contributed by atoms with Gasteiger partial charge in [-0.15, -0.1) is 11.3 Å². The Morgan fingerprint density at radius 3 is 2.47 bits per heavy atom. The van der Waals surface area contributed by atoms with Crippen LogP contribution in [0.1, 0.15) is 84.9 Å². The molecule has 2 atom stereocenters. The Morgan fingerprint density at radius 2 is 1.75 bits per heavy atom. The van der Waals surface area contributed by atoms with Gasteiger partial charge in [-0.2, -0.15) is 0 Å². The van der Waals surface area contributed by atoms with Crippen molar-refractivity contribution in [3.63, 3.8) is 0 Å². The van der Waals surface area contributed by atoms with Gasteiger partial charge in [0.2, 0.25) is 17.6 Å². The van der Waals surface area contributed by atoms with Crippen LogP contribution in [0.25, 0.3) is 0 Å². The average Bonchev–Trinajstić information content (AvgIpc) is 3.25. The molecule has 2 amide bonds. The molecule has 36 heavy (non-hydrogen) atoms. The number of aromatic nitrogens is 1. The number of carbonyl (C=O) groups is 3. The Hall–Kier alpha value is -2.65. The number of ketones is 1. The van der Waals surface area contributed by atoms with Crippen LogP contribution < -0.4 is 10.6 Å². The Bertz CT molecular complexity index is 1050. The molecular weight excluding hydrogens is 479 g/mol. The third-order valence-electron chi connectivity index (χ3n) is 7.22. The maximum atomic E-state index is 14.0. The van der Waals surface area contributed by atoms with E-state index in [1.54, 1.807) is 12.4 Å². The highest BCUT2D eigenvalue weighted by Crippen LogP contribution is 2.35. The smallest absolute Gasteiger partial charge is 0.246 e. The number of carbonyl (C=O) groups excluding carboxylic acids is 3. The maximum absolute atomic E-state index is 14.0. The first-order valence-corrected chi connectivity index (χ1v) is 13.9. The van der Waals surface area contributed by atoms with Gasteiger partial charge < -0.3 is 15.5 Å². The van der Waals surface area contributed by atoms with Crippen LogP contribution in [0.3, 0.4) is 0 Å². The zero-order valence-corrected chi connectivity index (χ0v) is 21.6. The molecule has 2 fully saturated rings. The number of nitrogens with zero attached hydrogens (tertiary/aromatic N) is 2. The number of amides is 2. The molecule has 2 heterocycles. The van der Waals surface area contributed by atoms with E-state index in [4.69, 9.17) is 0 Å². The fraction of sp³-hybridized carbons (Fsp3) is 0.556. The molecule has 1 saturated carbocycles. The molecule has 4 rings (SSSR count). The zero-order chi connectivity index (χ0) is 25.5. The predicted molar refractivity (Wildman–Crippen MR) is 137 cm³/mol. The summed E-state index contributed by atoms with van der Waals surface area (Å²) >= 11 is 1.38. The second-order valence-corrected chi connectivity index (χ2v) is 10.7. The molecule has 194 valence electrons. The summed E-state index contributed by atoms with van der Waals surface area (Å²) < 4.78 is 13.3. The number of thiazole rings is 1. The van der Waals surface area contributed by atoms with Crippen molar-refractivity contribution in [1.82, 2.24) is 20.5 Å². The van der Waals surface area contributed by atoms with Crippen LogP contribution in [0, 0.1) is 11.7 Å². The molecule has 2 N–H and O–H groups in total. The van der Waals surface area contributed by atoms with Crippen molar-refractivity contribution in [3.05, 3.63) is 51.7 Å². The van der Waals surface area contributed by atoms with E-state index in [1.807, 2.05) is 4.90 Å².